The molecule has 0 radical (unpaired) electrons. The minimum absolute atomic E-state index is 0.0480. The Morgan fingerprint density at radius 1 is 1.17 bits per heavy atom. The summed E-state index contributed by atoms with van der Waals surface area (Å²) in [4.78, 5) is 23.3. The van der Waals surface area contributed by atoms with E-state index >= 15 is 0 Å². The van der Waals surface area contributed by atoms with Crippen LogP contribution in [0.15, 0.2) is 29.2 Å². The van der Waals surface area contributed by atoms with Crippen LogP contribution in [0, 0.1) is 5.92 Å². The first-order valence-electron chi connectivity index (χ1n) is 7.58. The van der Waals surface area contributed by atoms with Crippen molar-refractivity contribution in [3.8, 4) is 0 Å². The van der Waals surface area contributed by atoms with Crippen LogP contribution in [-0.2, 0) is 24.3 Å². The molecule has 0 amide bonds. The second-order valence-corrected chi connectivity index (χ2v) is 7.29. The molecular formula is C16H23NO6S. The van der Waals surface area contributed by atoms with Gasteiger partial charge in [-0.3, -0.25) is 4.79 Å². The lowest BCUT2D eigenvalue weighted by molar-refractivity contribution is -0.143. The van der Waals surface area contributed by atoms with Gasteiger partial charge in [0.15, 0.2) is 0 Å². The number of carbonyl (C=O) groups excluding carboxylic acids is 2. The van der Waals surface area contributed by atoms with Crippen LogP contribution in [0.2, 0.25) is 0 Å². The molecule has 7 nitrogen and oxygen atoms in total. The molecule has 1 rings (SSSR count). The van der Waals surface area contributed by atoms with E-state index < -0.39 is 28.0 Å². The fraction of sp³-hybridized carbons (Fsp3) is 0.500. The zero-order chi connectivity index (χ0) is 18.3. The quantitative estimate of drug-likeness (QED) is 0.712. The second kappa shape index (κ2) is 8.79. The summed E-state index contributed by atoms with van der Waals surface area (Å²) in [7, 11) is -2.71. The number of rotatable bonds is 8. The number of esters is 2. The van der Waals surface area contributed by atoms with Crippen LogP contribution in [0.5, 0.6) is 0 Å². The van der Waals surface area contributed by atoms with Crippen molar-refractivity contribution in [2.45, 2.75) is 38.1 Å². The third kappa shape index (κ3) is 5.61. The summed E-state index contributed by atoms with van der Waals surface area (Å²) in [5.74, 6) is -1.07. The van der Waals surface area contributed by atoms with Crippen molar-refractivity contribution in [3.63, 3.8) is 0 Å². The molecule has 0 aliphatic carbocycles. The van der Waals surface area contributed by atoms with E-state index in [1.54, 1.807) is 6.92 Å². The summed E-state index contributed by atoms with van der Waals surface area (Å²) >= 11 is 0. The van der Waals surface area contributed by atoms with E-state index in [0.717, 1.165) is 0 Å². The number of benzene rings is 1. The standard InChI is InChI=1S/C16H23NO6S/c1-5-23-15(18)12-6-8-13(9-7-12)24(20,21)17-14(10-11(2)3)16(19)22-4/h6-9,11,14,17H,5,10H2,1-4H3/t14-/m1/s1. The Hall–Kier alpha value is -1.93. The smallest absolute Gasteiger partial charge is 0.338 e. The molecule has 1 aromatic rings. The van der Waals surface area contributed by atoms with Crippen molar-refractivity contribution < 1.29 is 27.5 Å². The summed E-state index contributed by atoms with van der Waals surface area (Å²) < 4.78 is 36.7. The van der Waals surface area contributed by atoms with E-state index in [1.807, 2.05) is 13.8 Å². The molecule has 0 spiro atoms. The van der Waals surface area contributed by atoms with E-state index in [9.17, 15) is 18.0 Å². The Labute approximate surface area is 142 Å². The topological polar surface area (TPSA) is 98.8 Å². The van der Waals surface area contributed by atoms with Gasteiger partial charge in [-0.2, -0.15) is 4.72 Å². The number of nitrogens with one attached hydrogen (secondary N) is 1. The van der Waals surface area contributed by atoms with E-state index in [1.165, 1.54) is 31.4 Å². The van der Waals surface area contributed by atoms with Gasteiger partial charge < -0.3 is 9.47 Å². The predicted octanol–water partition coefficient (Wildman–Crippen LogP) is 1.73. The zero-order valence-corrected chi connectivity index (χ0v) is 15.1. The van der Waals surface area contributed by atoms with E-state index in [2.05, 4.69) is 9.46 Å². The van der Waals surface area contributed by atoms with Gasteiger partial charge in [-0.15, -0.1) is 0 Å². The second-order valence-electron chi connectivity index (χ2n) is 5.57. The monoisotopic (exact) mass is 357 g/mol. The fourth-order valence-corrected chi connectivity index (χ4v) is 3.24. The lowest BCUT2D eigenvalue weighted by atomic mass is 10.1. The molecule has 0 unspecified atom stereocenters. The van der Waals surface area contributed by atoms with Crippen molar-refractivity contribution >= 4 is 22.0 Å². The average molecular weight is 357 g/mol. The van der Waals surface area contributed by atoms with Crippen LogP contribution in [0.3, 0.4) is 0 Å². The van der Waals surface area contributed by atoms with Gasteiger partial charge in [0.25, 0.3) is 0 Å². The van der Waals surface area contributed by atoms with Gasteiger partial charge in [0, 0.05) is 0 Å². The predicted molar refractivity (Wildman–Crippen MR) is 88.0 cm³/mol. The maximum absolute atomic E-state index is 12.4. The van der Waals surface area contributed by atoms with E-state index in [0.29, 0.717) is 6.42 Å². The minimum Gasteiger partial charge on any atom is -0.468 e. The summed E-state index contributed by atoms with van der Waals surface area (Å²) in [5.41, 5.74) is 0.252. The van der Waals surface area contributed by atoms with Gasteiger partial charge in [0.1, 0.15) is 6.04 Å². The highest BCUT2D eigenvalue weighted by atomic mass is 32.2. The number of hydrogen-bond acceptors (Lipinski definition) is 6. The van der Waals surface area contributed by atoms with Crippen LogP contribution in [-0.4, -0.2) is 40.1 Å². The number of carbonyl (C=O) groups is 2. The van der Waals surface area contributed by atoms with Crippen LogP contribution >= 0.6 is 0 Å². The summed E-state index contributed by atoms with van der Waals surface area (Å²) in [6.45, 7) is 5.66. The Balaban J connectivity index is 2.97. The molecule has 0 aromatic heterocycles. The Morgan fingerprint density at radius 3 is 2.21 bits per heavy atom. The molecule has 1 aromatic carbocycles. The van der Waals surface area contributed by atoms with Crippen LogP contribution in [0.1, 0.15) is 37.6 Å². The molecule has 134 valence electrons. The number of sulfonamides is 1. The van der Waals surface area contributed by atoms with Gasteiger partial charge in [-0.05, 0) is 43.5 Å². The molecule has 24 heavy (non-hydrogen) atoms. The lowest BCUT2D eigenvalue weighted by Crippen LogP contribution is -2.42. The van der Waals surface area contributed by atoms with Crippen molar-refractivity contribution in [1.82, 2.24) is 4.72 Å². The average Bonchev–Trinajstić information content (AvgIpc) is 2.53. The normalized spacial score (nSPS) is 12.7. The zero-order valence-electron chi connectivity index (χ0n) is 14.2. The third-order valence-corrected chi connectivity index (χ3v) is 4.65. The van der Waals surface area contributed by atoms with Crippen molar-refractivity contribution in [3.05, 3.63) is 29.8 Å². The Morgan fingerprint density at radius 2 is 1.75 bits per heavy atom. The highest BCUT2D eigenvalue weighted by molar-refractivity contribution is 7.89. The molecule has 8 heteroatoms. The van der Waals surface area contributed by atoms with E-state index in [-0.39, 0.29) is 23.0 Å². The summed E-state index contributed by atoms with van der Waals surface area (Å²) in [5, 5.41) is 0. The van der Waals surface area contributed by atoms with Crippen LogP contribution < -0.4 is 4.72 Å². The first-order chi connectivity index (χ1) is 11.2. The van der Waals surface area contributed by atoms with Crippen LogP contribution in [0.4, 0.5) is 0 Å². The summed E-state index contributed by atoms with van der Waals surface area (Å²) in [6, 6.07) is 4.34. The molecule has 0 heterocycles. The van der Waals surface area contributed by atoms with E-state index in [4.69, 9.17) is 4.74 Å². The molecular weight excluding hydrogens is 334 g/mol. The van der Waals surface area contributed by atoms with Gasteiger partial charge >= 0.3 is 11.9 Å². The summed E-state index contributed by atoms with van der Waals surface area (Å²) in [6.07, 6.45) is 0.312. The first-order valence-corrected chi connectivity index (χ1v) is 9.07. The van der Waals surface area contributed by atoms with Gasteiger partial charge in [0.05, 0.1) is 24.2 Å². The molecule has 1 atom stereocenters. The van der Waals surface area contributed by atoms with Crippen molar-refractivity contribution in [2.75, 3.05) is 13.7 Å². The van der Waals surface area contributed by atoms with Crippen LogP contribution in [0.25, 0.3) is 0 Å². The third-order valence-electron chi connectivity index (χ3n) is 3.17. The molecule has 0 saturated heterocycles. The molecule has 0 aliphatic rings. The van der Waals surface area contributed by atoms with Crippen molar-refractivity contribution in [1.29, 1.82) is 0 Å². The van der Waals surface area contributed by atoms with Gasteiger partial charge in [-0.25, -0.2) is 13.2 Å². The molecule has 0 saturated carbocycles. The maximum Gasteiger partial charge on any atom is 0.338 e. The molecule has 0 aliphatic heterocycles. The SMILES string of the molecule is CCOC(=O)c1ccc(S(=O)(=O)N[C@H](CC(C)C)C(=O)OC)cc1. The molecule has 1 N–H and O–H groups in total. The number of ether oxygens (including phenoxy) is 2. The minimum atomic E-state index is -3.92. The highest BCUT2D eigenvalue weighted by Gasteiger charge is 2.27. The molecule has 0 fully saturated rings. The maximum atomic E-state index is 12.4. The first kappa shape index (κ1) is 20.1. The largest absolute Gasteiger partial charge is 0.468 e. The highest BCUT2D eigenvalue weighted by Crippen LogP contribution is 2.14. The van der Waals surface area contributed by atoms with Gasteiger partial charge in [-0.1, -0.05) is 13.8 Å². The lowest BCUT2D eigenvalue weighted by Gasteiger charge is -2.18. The Bertz CT molecular complexity index is 666. The molecule has 0 bridgehead atoms. The van der Waals surface area contributed by atoms with Crippen molar-refractivity contribution in [2.24, 2.45) is 5.92 Å². The van der Waals surface area contributed by atoms with Gasteiger partial charge in [0.2, 0.25) is 10.0 Å². The number of methoxy groups -OCH3 is 1. The Kier molecular flexibility index (Phi) is 7.37. The fourth-order valence-electron chi connectivity index (χ4n) is 2.05. The number of hydrogen-bond donors (Lipinski definition) is 1.